The molecule has 1 heterocycles. The van der Waals surface area contributed by atoms with E-state index in [1.807, 2.05) is 43.1 Å². The molecule has 0 spiro atoms. The Labute approximate surface area is 158 Å². The van der Waals surface area contributed by atoms with E-state index < -0.39 is 0 Å². The van der Waals surface area contributed by atoms with Crippen LogP contribution in [0.1, 0.15) is 11.1 Å². The lowest BCUT2D eigenvalue weighted by molar-refractivity contribution is -0.127. The molecule has 0 atom stereocenters. The van der Waals surface area contributed by atoms with Gasteiger partial charge in [0.15, 0.2) is 5.16 Å². The van der Waals surface area contributed by atoms with Gasteiger partial charge in [-0.05, 0) is 18.1 Å². The van der Waals surface area contributed by atoms with E-state index >= 15 is 0 Å². The Morgan fingerprint density at radius 1 is 1.12 bits per heavy atom. The van der Waals surface area contributed by atoms with Crippen molar-refractivity contribution in [2.45, 2.75) is 18.6 Å². The number of carbonyl (C=O) groups excluding carboxylic acids is 1. The van der Waals surface area contributed by atoms with Gasteiger partial charge in [-0.3, -0.25) is 4.79 Å². The van der Waals surface area contributed by atoms with Gasteiger partial charge in [-0.2, -0.15) is 0 Å². The zero-order valence-electron chi connectivity index (χ0n) is 15.3. The van der Waals surface area contributed by atoms with Gasteiger partial charge in [0, 0.05) is 20.6 Å². The molecule has 0 saturated carbocycles. The van der Waals surface area contributed by atoms with Crippen LogP contribution in [0.25, 0.3) is 11.3 Å². The largest absolute Gasteiger partial charge is 0.341 e. The number of benzene rings is 2. The fourth-order valence-electron chi connectivity index (χ4n) is 2.70. The standard InChI is InChI=1S/C21H23N3OS/c1-16-9-11-17(12-10-16)14-23(2)20(25)15-26-21-22-13-19(24(21)3)18-7-5-4-6-8-18/h4-13H,14-15H2,1-3H3. The number of aromatic nitrogens is 2. The van der Waals surface area contributed by atoms with Gasteiger partial charge in [0.2, 0.25) is 5.91 Å². The van der Waals surface area contributed by atoms with Crippen molar-refractivity contribution in [2.24, 2.45) is 7.05 Å². The predicted octanol–water partition coefficient (Wildman–Crippen LogP) is 4.15. The Hall–Kier alpha value is -2.53. The van der Waals surface area contributed by atoms with Crippen molar-refractivity contribution in [3.8, 4) is 11.3 Å². The van der Waals surface area contributed by atoms with Crippen LogP contribution in [0.15, 0.2) is 66.0 Å². The van der Waals surface area contributed by atoms with Crippen molar-refractivity contribution in [1.29, 1.82) is 0 Å². The van der Waals surface area contributed by atoms with E-state index in [1.54, 1.807) is 4.90 Å². The molecule has 0 fully saturated rings. The molecule has 0 aliphatic heterocycles. The lowest BCUT2D eigenvalue weighted by atomic mass is 10.1. The predicted molar refractivity (Wildman–Crippen MR) is 107 cm³/mol. The monoisotopic (exact) mass is 365 g/mol. The maximum Gasteiger partial charge on any atom is 0.233 e. The molecule has 26 heavy (non-hydrogen) atoms. The summed E-state index contributed by atoms with van der Waals surface area (Å²) < 4.78 is 2.03. The van der Waals surface area contributed by atoms with Crippen molar-refractivity contribution in [1.82, 2.24) is 14.5 Å². The average Bonchev–Trinajstić information content (AvgIpc) is 3.03. The number of hydrogen-bond donors (Lipinski definition) is 0. The summed E-state index contributed by atoms with van der Waals surface area (Å²) in [4.78, 5) is 18.7. The number of thioether (sulfide) groups is 1. The van der Waals surface area contributed by atoms with Crippen LogP contribution in [0.2, 0.25) is 0 Å². The Kier molecular flexibility index (Phi) is 5.78. The second-order valence-corrected chi connectivity index (χ2v) is 7.32. The van der Waals surface area contributed by atoms with Crippen molar-refractivity contribution in [2.75, 3.05) is 12.8 Å². The summed E-state index contributed by atoms with van der Waals surface area (Å²) in [5, 5.41) is 0.848. The minimum Gasteiger partial charge on any atom is -0.341 e. The summed E-state index contributed by atoms with van der Waals surface area (Å²) in [5.74, 6) is 0.474. The molecule has 4 nitrogen and oxygen atoms in total. The van der Waals surface area contributed by atoms with E-state index in [4.69, 9.17) is 0 Å². The van der Waals surface area contributed by atoms with Gasteiger partial charge in [0.05, 0.1) is 17.6 Å². The molecule has 0 aliphatic rings. The van der Waals surface area contributed by atoms with Crippen LogP contribution >= 0.6 is 11.8 Å². The number of hydrogen-bond acceptors (Lipinski definition) is 3. The summed E-state index contributed by atoms with van der Waals surface area (Å²) in [6.45, 7) is 2.68. The summed E-state index contributed by atoms with van der Waals surface area (Å²) in [6, 6.07) is 18.4. The van der Waals surface area contributed by atoms with Gasteiger partial charge in [-0.15, -0.1) is 0 Å². The third-order valence-electron chi connectivity index (χ3n) is 4.31. The van der Waals surface area contributed by atoms with Crippen molar-refractivity contribution in [3.05, 3.63) is 71.9 Å². The number of rotatable bonds is 6. The second kappa shape index (κ2) is 8.23. The zero-order chi connectivity index (χ0) is 18.5. The first-order chi connectivity index (χ1) is 12.5. The summed E-state index contributed by atoms with van der Waals surface area (Å²) in [7, 11) is 3.83. The molecular weight excluding hydrogens is 342 g/mol. The second-order valence-electron chi connectivity index (χ2n) is 6.38. The lowest BCUT2D eigenvalue weighted by Crippen LogP contribution is -2.27. The first-order valence-electron chi connectivity index (χ1n) is 8.54. The molecule has 0 unspecified atom stereocenters. The SMILES string of the molecule is Cc1ccc(CN(C)C(=O)CSc2ncc(-c3ccccc3)n2C)cc1. The highest BCUT2D eigenvalue weighted by Crippen LogP contribution is 2.24. The Morgan fingerprint density at radius 3 is 2.50 bits per heavy atom. The summed E-state index contributed by atoms with van der Waals surface area (Å²) in [5.41, 5.74) is 4.54. The molecule has 1 aromatic heterocycles. The van der Waals surface area contributed by atoms with Crippen molar-refractivity contribution < 1.29 is 4.79 Å². The van der Waals surface area contributed by atoms with Crippen LogP contribution in [0.3, 0.4) is 0 Å². The summed E-state index contributed by atoms with van der Waals surface area (Å²) >= 11 is 1.47. The molecular formula is C21H23N3OS. The summed E-state index contributed by atoms with van der Waals surface area (Å²) in [6.07, 6.45) is 1.86. The first kappa shape index (κ1) is 18.3. The van der Waals surface area contributed by atoms with Gasteiger partial charge in [0.25, 0.3) is 0 Å². The number of aryl methyl sites for hydroxylation is 1. The van der Waals surface area contributed by atoms with Crippen LogP contribution in [0.5, 0.6) is 0 Å². The average molecular weight is 366 g/mol. The quantitative estimate of drug-likeness (QED) is 0.616. The van der Waals surface area contributed by atoms with Crippen molar-refractivity contribution >= 4 is 17.7 Å². The highest BCUT2D eigenvalue weighted by molar-refractivity contribution is 7.99. The highest BCUT2D eigenvalue weighted by atomic mass is 32.2. The Bertz CT molecular complexity index is 872. The van der Waals surface area contributed by atoms with Crippen LogP contribution < -0.4 is 0 Å². The molecule has 0 saturated heterocycles. The zero-order valence-corrected chi connectivity index (χ0v) is 16.2. The van der Waals surface area contributed by atoms with Gasteiger partial charge in [0.1, 0.15) is 0 Å². The Morgan fingerprint density at radius 2 is 1.81 bits per heavy atom. The minimum atomic E-state index is 0.0971. The number of amides is 1. The number of nitrogens with zero attached hydrogens (tertiary/aromatic N) is 3. The van der Waals surface area contributed by atoms with Crippen molar-refractivity contribution in [3.63, 3.8) is 0 Å². The minimum absolute atomic E-state index is 0.0971. The normalized spacial score (nSPS) is 10.7. The molecule has 0 radical (unpaired) electrons. The molecule has 134 valence electrons. The molecule has 3 rings (SSSR count). The van der Waals surface area contributed by atoms with Crippen LogP contribution in [-0.4, -0.2) is 33.2 Å². The molecule has 0 bridgehead atoms. The topological polar surface area (TPSA) is 38.1 Å². The van der Waals surface area contributed by atoms with E-state index in [1.165, 1.54) is 17.3 Å². The van der Waals surface area contributed by atoms with Gasteiger partial charge >= 0.3 is 0 Å². The molecule has 5 heteroatoms. The first-order valence-corrected chi connectivity index (χ1v) is 9.52. The maximum atomic E-state index is 12.4. The molecule has 0 N–H and O–H groups in total. The molecule has 3 aromatic rings. The fourth-order valence-corrected chi connectivity index (χ4v) is 3.59. The molecule has 0 aliphatic carbocycles. The number of carbonyl (C=O) groups is 1. The van der Waals surface area contributed by atoms with E-state index in [0.717, 1.165) is 22.0 Å². The number of imidazole rings is 1. The fraction of sp³-hybridized carbons (Fsp3) is 0.238. The van der Waals surface area contributed by atoms with Gasteiger partial charge in [-0.1, -0.05) is 71.9 Å². The highest BCUT2D eigenvalue weighted by Gasteiger charge is 2.14. The molecule has 1 amide bonds. The van der Waals surface area contributed by atoms with E-state index in [-0.39, 0.29) is 5.91 Å². The Balaban J connectivity index is 1.59. The van der Waals surface area contributed by atoms with Crippen LogP contribution in [-0.2, 0) is 18.4 Å². The molecule has 2 aromatic carbocycles. The maximum absolute atomic E-state index is 12.4. The van der Waals surface area contributed by atoms with Crippen LogP contribution in [0.4, 0.5) is 0 Å². The van der Waals surface area contributed by atoms with E-state index in [0.29, 0.717) is 12.3 Å². The van der Waals surface area contributed by atoms with Crippen LogP contribution in [0, 0.1) is 6.92 Å². The third kappa shape index (κ3) is 4.35. The van der Waals surface area contributed by atoms with E-state index in [9.17, 15) is 4.79 Å². The van der Waals surface area contributed by atoms with Gasteiger partial charge < -0.3 is 9.47 Å². The third-order valence-corrected chi connectivity index (χ3v) is 5.33. The lowest BCUT2D eigenvalue weighted by Gasteiger charge is -2.17. The van der Waals surface area contributed by atoms with E-state index in [2.05, 4.69) is 48.3 Å². The van der Waals surface area contributed by atoms with Gasteiger partial charge in [-0.25, -0.2) is 4.98 Å². The smallest absolute Gasteiger partial charge is 0.233 e.